The number of anilines is 1. The molecule has 2 rings (SSSR count). The molecule has 86 valence electrons. The van der Waals surface area contributed by atoms with Crippen molar-refractivity contribution in [3.05, 3.63) is 41.3 Å². The molecule has 2 aromatic heterocycles. The molecular weight excluding hydrogens is 242 g/mol. The van der Waals surface area contributed by atoms with E-state index < -0.39 is 5.91 Å². The minimum absolute atomic E-state index is 0.215. The highest BCUT2D eigenvalue weighted by atomic mass is 35.5. The number of amides is 1. The molecule has 7 heteroatoms. The van der Waals surface area contributed by atoms with Crippen LogP contribution in [0.25, 0.3) is 0 Å². The topological polar surface area (TPSA) is 80.7 Å². The van der Waals surface area contributed by atoms with E-state index in [1.54, 1.807) is 6.92 Å². The maximum atomic E-state index is 11.7. The third kappa shape index (κ3) is 2.94. The van der Waals surface area contributed by atoms with Gasteiger partial charge in [0.15, 0.2) is 5.82 Å². The van der Waals surface area contributed by atoms with Gasteiger partial charge in [-0.3, -0.25) is 9.78 Å². The van der Waals surface area contributed by atoms with Gasteiger partial charge in [0, 0.05) is 6.20 Å². The van der Waals surface area contributed by atoms with E-state index in [9.17, 15) is 4.79 Å². The summed E-state index contributed by atoms with van der Waals surface area (Å²) in [5.74, 6) is -0.0871. The zero-order chi connectivity index (χ0) is 12.3. The third-order valence-corrected chi connectivity index (χ3v) is 2.07. The lowest BCUT2D eigenvalue weighted by atomic mass is 10.4. The van der Waals surface area contributed by atoms with Crippen molar-refractivity contribution in [3.63, 3.8) is 0 Å². The summed E-state index contributed by atoms with van der Waals surface area (Å²) in [6.07, 6.45) is 5.62. The molecule has 0 bridgehead atoms. The largest absolute Gasteiger partial charge is 0.304 e. The van der Waals surface area contributed by atoms with Crippen molar-refractivity contribution in [1.82, 2.24) is 19.9 Å². The van der Waals surface area contributed by atoms with Crippen LogP contribution in [-0.4, -0.2) is 25.8 Å². The molecule has 0 aliphatic heterocycles. The van der Waals surface area contributed by atoms with Crippen molar-refractivity contribution < 1.29 is 4.79 Å². The smallest absolute Gasteiger partial charge is 0.277 e. The number of nitrogens with one attached hydrogen (secondary N) is 1. The van der Waals surface area contributed by atoms with E-state index >= 15 is 0 Å². The summed E-state index contributed by atoms with van der Waals surface area (Å²) >= 11 is 5.57. The molecule has 1 N–H and O–H groups in total. The Morgan fingerprint density at radius 2 is 1.94 bits per heavy atom. The van der Waals surface area contributed by atoms with Crippen LogP contribution in [0.1, 0.15) is 16.2 Å². The van der Waals surface area contributed by atoms with Gasteiger partial charge in [-0.1, -0.05) is 11.6 Å². The van der Waals surface area contributed by atoms with Crippen molar-refractivity contribution in [2.45, 2.75) is 6.92 Å². The van der Waals surface area contributed by atoms with Gasteiger partial charge in [-0.15, -0.1) is 0 Å². The molecular formula is C10H8ClN5O. The predicted octanol–water partition coefficient (Wildman–Crippen LogP) is 1.48. The van der Waals surface area contributed by atoms with Crippen molar-refractivity contribution in [1.29, 1.82) is 0 Å². The summed E-state index contributed by atoms with van der Waals surface area (Å²) in [5.41, 5.74) is 0.959. The average molecular weight is 250 g/mol. The second-order valence-corrected chi connectivity index (χ2v) is 3.61. The van der Waals surface area contributed by atoms with Crippen molar-refractivity contribution in [2.24, 2.45) is 0 Å². The fourth-order valence-electron chi connectivity index (χ4n) is 1.07. The van der Waals surface area contributed by atoms with Gasteiger partial charge >= 0.3 is 0 Å². The highest BCUT2D eigenvalue weighted by molar-refractivity contribution is 6.29. The Hall–Kier alpha value is -2.08. The third-order valence-electron chi connectivity index (χ3n) is 1.88. The first-order valence-electron chi connectivity index (χ1n) is 4.73. The SMILES string of the molecule is Cc1cnc(C(=O)Nc2cnc(Cl)cn2)cn1. The first kappa shape index (κ1) is 11.4. The Morgan fingerprint density at radius 1 is 1.12 bits per heavy atom. The highest BCUT2D eigenvalue weighted by Gasteiger charge is 2.08. The average Bonchev–Trinajstić information content (AvgIpc) is 2.33. The van der Waals surface area contributed by atoms with Gasteiger partial charge in [-0.05, 0) is 6.92 Å². The minimum atomic E-state index is -0.394. The molecule has 6 nitrogen and oxygen atoms in total. The predicted molar refractivity (Wildman–Crippen MR) is 61.8 cm³/mol. The zero-order valence-corrected chi connectivity index (χ0v) is 9.64. The van der Waals surface area contributed by atoms with Gasteiger partial charge in [0.25, 0.3) is 5.91 Å². The second-order valence-electron chi connectivity index (χ2n) is 3.22. The Morgan fingerprint density at radius 3 is 2.53 bits per heavy atom. The lowest BCUT2D eigenvalue weighted by Gasteiger charge is -2.02. The van der Waals surface area contributed by atoms with Crippen molar-refractivity contribution >= 4 is 23.3 Å². The summed E-state index contributed by atoms with van der Waals surface area (Å²) in [6, 6.07) is 0. The fourth-order valence-corrected chi connectivity index (χ4v) is 1.16. The van der Waals surface area contributed by atoms with Gasteiger partial charge in [-0.2, -0.15) is 0 Å². The van der Waals surface area contributed by atoms with Gasteiger partial charge < -0.3 is 5.32 Å². The lowest BCUT2D eigenvalue weighted by molar-refractivity contribution is 0.102. The van der Waals surface area contributed by atoms with Crippen LogP contribution < -0.4 is 5.32 Å². The molecule has 0 saturated carbocycles. The number of carbonyl (C=O) groups excluding carboxylic acids is 1. The standard InChI is InChI=1S/C10H8ClN5O/c1-6-2-13-7(3-12-6)10(17)16-9-5-14-8(11)4-15-9/h2-5H,1H3,(H,15,16,17). The molecule has 1 amide bonds. The molecule has 0 fully saturated rings. The van der Waals surface area contributed by atoms with Gasteiger partial charge in [0.1, 0.15) is 10.8 Å². The van der Waals surface area contributed by atoms with E-state index in [-0.39, 0.29) is 10.8 Å². The number of halogens is 1. The molecule has 2 aromatic rings. The first-order chi connectivity index (χ1) is 8.15. The van der Waals surface area contributed by atoms with Crippen LogP contribution in [0.4, 0.5) is 5.82 Å². The summed E-state index contributed by atoms with van der Waals surface area (Å²) in [5, 5.41) is 2.79. The second kappa shape index (κ2) is 4.84. The van der Waals surface area contributed by atoms with Crippen LogP contribution in [-0.2, 0) is 0 Å². The maximum Gasteiger partial charge on any atom is 0.277 e. The van der Waals surface area contributed by atoms with Crippen LogP contribution in [0.15, 0.2) is 24.8 Å². The number of hydrogen-bond acceptors (Lipinski definition) is 5. The lowest BCUT2D eigenvalue weighted by Crippen LogP contribution is -2.15. The molecule has 2 heterocycles. The number of nitrogens with zero attached hydrogens (tertiary/aromatic N) is 4. The first-order valence-corrected chi connectivity index (χ1v) is 5.10. The molecule has 0 aromatic carbocycles. The number of carbonyl (C=O) groups is 1. The summed E-state index contributed by atoms with van der Waals surface area (Å²) in [7, 11) is 0. The molecule has 0 atom stereocenters. The van der Waals surface area contributed by atoms with E-state index in [0.29, 0.717) is 5.82 Å². The molecule has 17 heavy (non-hydrogen) atoms. The van der Waals surface area contributed by atoms with E-state index in [4.69, 9.17) is 11.6 Å². The number of hydrogen-bond donors (Lipinski definition) is 1. The van der Waals surface area contributed by atoms with Gasteiger partial charge in [0.05, 0.1) is 24.3 Å². The van der Waals surface area contributed by atoms with Gasteiger partial charge in [-0.25, -0.2) is 15.0 Å². The van der Waals surface area contributed by atoms with E-state index in [1.165, 1.54) is 24.8 Å². The van der Waals surface area contributed by atoms with Crippen molar-refractivity contribution in [2.75, 3.05) is 5.32 Å². The van der Waals surface area contributed by atoms with Crippen LogP contribution in [0, 0.1) is 6.92 Å². The highest BCUT2D eigenvalue weighted by Crippen LogP contribution is 2.06. The van der Waals surface area contributed by atoms with Gasteiger partial charge in [0.2, 0.25) is 0 Å². The quantitative estimate of drug-likeness (QED) is 0.872. The van der Waals surface area contributed by atoms with Crippen molar-refractivity contribution in [3.8, 4) is 0 Å². The Bertz CT molecular complexity index is 525. The van der Waals surface area contributed by atoms with E-state index in [0.717, 1.165) is 5.69 Å². The Balaban J connectivity index is 2.11. The van der Waals surface area contributed by atoms with Crippen LogP contribution in [0.2, 0.25) is 5.15 Å². The molecule has 0 spiro atoms. The van der Waals surface area contributed by atoms with E-state index in [2.05, 4.69) is 25.3 Å². The molecule has 0 unspecified atom stereocenters. The normalized spacial score (nSPS) is 10.0. The fraction of sp³-hybridized carbons (Fsp3) is 0.100. The summed E-state index contributed by atoms with van der Waals surface area (Å²) in [4.78, 5) is 27.3. The number of aromatic nitrogens is 4. The van der Waals surface area contributed by atoms with E-state index in [1.807, 2.05) is 0 Å². The summed E-state index contributed by atoms with van der Waals surface area (Å²) in [6.45, 7) is 1.79. The Kier molecular flexibility index (Phi) is 3.24. The number of aryl methyl sites for hydroxylation is 1. The summed E-state index contributed by atoms with van der Waals surface area (Å²) < 4.78 is 0. The molecule has 0 radical (unpaired) electrons. The molecule has 0 saturated heterocycles. The van der Waals surface area contributed by atoms with Crippen LogP contribution in [0.3, 0.4) is 0 Å². The maximum absolute atomic E-state index is 11.7. The monoisotopic (exact) mass is 249 g/mol. The number of rotatable bonds is 2. The van der Waals surface area contributed by atoms with Crippen LogP contribution in [0.5, 0.6) is 0 Å². The molecule has 0 aliphatic carbocycles. The minimum Gasteiger partial charge on any atom is -0.304 e. The molecule has 0 aliphatic rings. The van der Waals surface area contributed by atoms with Crippen LogP contribution >= 0.6 is 11.6 Å². The Labute approximate surface area is 102 Å². The zero-order valence-electron chi connectivity index (χ0n) is 8.88.